The maximum Gasteiger partial charge on any atom is 0.271 e. The number of aryl methyl sites for hydroxylation is 1. The molecule has 1 heterocycles. The summed E-state index contributed by atoms with van der Waals surface area (Å²) < 4.78 is 1.56. The molecule has 5 heteroatoms. The molecule has 2 aromatic rings. The molecule has 0 atom stereocenters. The average Bonchev–Trinajstić information content (AvgIpc) is 2.79. The summed E-state index contributed by atoms with van der Waals surface area (Å²) in [5, 5.41) is 10.0. The topological polar surface area (TPSA) is 59.0 Å². The van der Waals surface area contributed by atoms with E-state index in [2.05, 4.69) is 41.7 Å². The molecular formula is C15H20N4O. The molecule has 5 nitrogen and oxygen atoms in total. The SMILES string of the molecule is CNC(=O)c1c(Nc2cccc(C(C)C)c2)cnn1C. The normalized spacial score (nSPS) is 10.7. The lowest BCUT2D eigenvalue weighted by Crippen LogP contribution is -2.22. The molecular weight excluding hydrogens is 252 g/mol. The highest BCUT2D eigenvalue weighted by molar-refractivity contribution is 5.98. The second kappa shape index (κ2) is 5.77. The van der Waals surface area contributed by atoms with Gasteiger partial charge in [0.05, 0.1) is 11.9 Å². The fourth-order valence-corrected chi connectivity index (χ4v) is 2.05. The first-order valence-electron chi connectivity index (χ1n) is 6.64. The number of amides is 1. The molecule has 0 bridgehead atoms. The van der Waals surface area contributed by atoms with Crippen LogP contribution in [-0.4, -0.2) is 22.7 Å². The predicted molar refractivity (Wildman–Crippen MR) is 80.4 cm³/mol. The van der Waals surface area contributed by atoms with Gasteiger partial charge in [-0.1, -0.05) is 26.0 Å². The molecule has 1 aromatic carbocycles. The fourth-order valence-electron chi connectivity index (χ4n) is 2.05. The summed E-state index contributed by atoms with van der Waals surface area (Å²) in [4.78, 5) is 11.9. The van der Waals surface area contributed by atoms with Gasteiger partial charge in [-0.3, -0.25) is 9.48 Å². The third-order valence-electron chi connectivity index (χ3n) is 3.21. The highest BCUT2D eigenvalue weighted by Gasteiger charge is 2.15. The van der Waals surface area contributed by atoms with Gasteiger partial charge in [-0.15, -0.1) is 0 Å². The highest BCUT2D eigenvalue weighted by atomic mass is 16.1. The number of anilines is 2. The summed E-state index contributed by atoms with van der Waals surface area (Å²) in [6.45, 7) is 4.30. The van der Waals surface area contributed by atoms with Gasteiger partial charge < -0.3 is 10.6 Å². The molecule has 0 saturated heterocycles. The van der Waals surface area contributed by atoms with Crippen LogP contribution in [0.3, 0.4) is 0 Å². The van der Waals surface area contributed by atoms with Crippen LogP contribution in [0, 0.1) is 0 Å². The van der Waals surface area contributed by atoms with Crippen LogP contribution in [0.4, 0.5) is 11.4 Å². The first-order valence-corrected chi connectivity index (χ1v) is 6.64. The lowest BCUT2D eigenvalue weighted by Gasteiger charge is -2.10. The third kappa shape index (κ3) is 2.82. The second-order valence-corrected chi connectivity index (χ2v) is 5.01. The smallest absolute Gasteiger partial charge is 0.271 e. The quantitative estimate of drug-likeness (QED) is 0.899. The Balaban J connectivity index is 2.31. The van der Waals surface area contributed by atoms with E-state index in [1.165, 1.54) is 5.56 Å². The first-order chi connectivity index (χ1) is 9.52. The van der Waals surface area contributed by atoms with E-state index in [9.17, 15) is 4.79 Å². The number of aromatic nitrogens is 2. The Morgan fingerprint density at radius 2 is 2.10 bits per heavy atom. The van der Waals surface area contributed by atoms with E-state index in [4.69, 9.17) is 0 Å². The van der Waals surface area contributed by atoms with Crippen LogP contribution in [-0.2, 0) is 7.05 Å². The van der Waals surface area contributed by atoms with Gasteiger partial charge in [0.25, 0.3) is 5.91 Å². The van der Waals surface area contributed by atoms with Crippen molar-refractivity contribution in [3.8, 4) is 0 Å². The minimum absolute atomic E-state index is 0.160. The van der Waals surface area contributed by atoms with Crippen molar-refractivity contribution < 1.29 is 4.79 Å². The zero-order valence-electron chi connectivity index (χ0n) is 12.3. The number of hydrogen-bond acceptors (Lipinski definition) is 3. The molecule has 106 valence electrons. The van der Waals surface area contributed by atoms with Crippen LogP contribution >= 0.6 is 0 Å². The van der Waals surface area contributed by atoms with Crippen LogP contribution in [0.15, 0.2) is 30.5 Å². The first kappa shape index (κ1) is 14.1. The van der Waals surface area contributed by atoms with Crippen molar-refractivity contribution in [1.82, 2.24) is 15.1 Å². The van der Waals surface area contributed by atoms with Gasteiger partial charge >= 0.3 is 0 Å². The minimum Gasteiger partial charge on any atom is -0.354 e. The number of carbonyl (C=O) groups excluding carboxylic acids is 1. The van der Waals surface area contributed by atoms with Crippen molar-refractivity contribution in [3.63, 3.8) is 0 Å². The number of nitrogens with one attached hydrogen (secondary N) is 2. The van der Waals surface area contributed by atoms with Gasteiger partial charge in [-0.05, 0) is 23.6 Å². The van der Waals surface area contributed by atoms with E-state index in [0.717, 1.165) is 5.69 Å². The zero-order chi connectivity index (χ0) is 14.7. The van der Waals surface area contributed by atoms with Crippen molar-refractivity contribution in [3.05, 3.63) is 41.7 Å². The van der Waals surface area contributed by atoms with Gasteiger partial charge in [0.15, 0.2) is 0 Å². The number of hydrogen-bond donors (Lipinski definition) is 2. The van der Waals surface area contributed by atoms with Gasteiger partial charge in [0, 0.05) is 19.8 Å². The molecule has 0 fully saturated rings. The Hall–Kier alpha value is -2.30. The maximum atomic E-state index is 11.9. The van der Waals surface area contributed by atoms with Crippen LogP contribution in [0.2, 0.25) is 0 Å². The molecule has 20 heavy (non-hydrogen) atoms. The molecule has 0 aliphatic heterocycles. The van der Waals surface area contributed by atoms with Crippen LogP contribution in [0.1, 0.15) is 35.8 Å². The van der Waals surface area contributed by atoms with Gasteiger partial charge in [-0.25, -0.2) is 0 Å². The van der Waals surface area contributed by atoms with Crippen LogP contribution in [0.25, 0.3) is 0 Å². The van der Waals surface area contributed by atoms with Crippen molar-refractivity contribution in [2.75, 3.05) is 12.4 Å². The number of nitrogens with zero attached hydrogens (tertiary/aromatic N) is 2. The van der Waals surface area contributed by atoms with Gasteiger partial charge in [0.1, 0.15) is 5.69 Å². The van der Waals surface area contributed by atoms with E-state index in [0.29, 0.717) is 17.3 Å². The van der Waals surface area contributed by atoms with Crippen molar-refractivity contribution >= 4 is 17.3 Å². The molecule has 1 amide bonds. The molecule has 2 rings (SSSR count). The minimum atomic E-state index is -0.160. The third-order valence-corrected chi connectivity index (χ3v) is 3.21. The summed E-state index contributed by atoms with van der Waals surface area (Å²) in [5.74, 6) is 0.302. The van der Waals surface area contributed by atoms with Crippen molar-refractivity contribution in [2.45, 2.75) is 19.8 Å². The van der Waals surface area contributed by atoms with Crippen LogP contribution in [0.5, 0.6) is 0 Å². The molecule has 0 saturated carbocycles. The summed E-state index contributed by atoms with van der Waals surface area (Å²) in [7, 11) is 3.36. The van der Waals surface area contributed by atoms with E-state index >= 15 is 0 Å². The lowest BCUT2D eigenvalue weighted by molar-refractivity contribution is 0.0954. The Morgan fingerprint density at radius 1 is 1.35 bits per heavy atom. The van der Waals surface area contributed by atoms with E-state index in [1.807, 2.05) is 12.1 Å². The molecule has 0 aliphatic rings. The summed E-state index contributed by atoms with van der Waals surface area (Å²) in [5.41, 5.74) is 3.42. The molecule has 1 aromatic heterocycles. The van der Waals surface area contributed by atoms with E-state index in [1.54, 1.807) is 25.0 Å². The lowest BCUT2D eigenvalue weighted by atomic mass is 10.0. The van der Waals surface area contributed by atoms with Gasteiger partial charge in [-0.2, -0.15) is 5.10 Å². The predicted octanol–water partition coefficient (Wildman–Crippen LogP) is 2.65. The standard InChI is InChI=1S/C15H20N4O/c1-10(2)11-6-5-7-12(8-11)18-13-9-17-19(4)14(13)15(20)16-3/h5-10,18H,1-4H3,(H,16,20). The number of carbonyl (C=O) groups is 1. The fraction of sp³-hybridized carbons (Fsp3) is 0.333. The summed E-state index contributed by atoms with van der Waals surface area (Å²) >= 11 is 0. The number of rotatable bonds is 4. The van der Waals surface area contributed by atoms with E-state index in [-0.39, 0.29) is 5.91 Å². The van der Waals surface area contributed by atoms with E-state index < -0.39 is 0 Å². The average molecular weight is 272 g/mol. The Bertz CT molecular complexity index is 616. The second-order valence-electron chi connectivity index (χ2n) is 5.01. The summed E-state index contributed by atoms with van der Waals surface area (Å²) in [6.07, 6.45) is 1.66. The van der Waals surface area contributed by atoms with Crippen LogP contribution < -0.4 is 10.6 Å². The largest absolute Gasteiger partial charge is 0.354 e. The van der Waals surface area contributed by atoms with Crippen molar-refractivity contribution in [2.24, 2.45) is 7.05 Å². The van der Waals surface area contributed by atoms with Gasteiger partial charge in [0.2, 0.25) is 0 Å². The Kier molecular flexibility index (Phi) is 4.08. The zero-order valence-corrected chi connectivity index (χ0v) is 12.3. The molecule has 0 spiro atoms. The van der Waals surface area contributed by atoms with Crippen molar-refractivity contribution in [1.29, 1.82) is 0 Å². The monoisotopic (exact) mass is 272 g/mol. The molecule has 0 aliphatic carbocycles. The highest BCUT2D eigenvalue weighted by Crippen LogP contribution is 2.23. The molecule has 0 unspecified atom stereocenters. The Labute approximate surface area is 119 Å². The maximum absolute atomic E-state index is 11.9. The molecule has 0 radical (unpaired) electrons. The Morgan fingerprint density at radius 3 is 2.75 bits per heavy atom. The molecule has 2 N–H and O–H groups in total. The summed E-state index contributed by atoms with van der Waals surface area (Å²) in [6, 6.07) is 8.17. The number of benzene rings is 1.